The first kappa shape index (κ1) is 18.7. The van der Waals surface area contributed by atoms with E-state index in [1.165, 1.54) is 4.90 Å². The monoisotopic (exact) mass is 339 g/mol. The van der Waals surface area contributed by atoms with Gasteiger partial charge in [0.25, 0.3) is 0 Å². The SMILES string of the molecule is CN(C(=O)C(Cc1ccccc1)C(=O)OC(C)(C)C)c1ccccc1. The van der Waals surface area contributed by atoms with E-state index < -0.39 is 17.5 Å². The van der Waals surface area contributed by atoms with Crippen LogP contribution < -0.4 is 4.90 Å². The van der Waals surface area contributed by atoms with Gasteiger partial charge in [0, 0.05) is 12.7 Å². The third-order valence-corrected chi connectivity index (χ3v) is 3.75. The summed E-state index contributed by atoms with van der Waals surface area (Å²) in [5.74, 6) is -1.65. The number of nitrogens with zero attached hydrogens (tertiary/aromatic N) is 1. The van der Waals surface area contributed by atoms with Crippen LogP contribution in [0.2, 0.25) is 0 Å². The van der Waals surface area contributed by atoms with Crippen LogP contribution in [0.25, 0.3) is 0 Å². The van der Waals surface area contributed by atoms with Gasteiger partial charge in [0.15, 0.2) is 0 Å². The molecule has 1 amide bonds. The summed E-state index contributed by atoms with van der Waals surface area (Å²) in [7, 11) is 1.68. The summed E-state index contributed by atoms with van der Waals surface area (Å²) >= 11 is 0. The molecule has 0 N–H and O–H groups in total. The van der Waals surface area contributed by atoms with Crippen LogP contribution in [0.4, 0.5) is 5.69 Å². The molecule has 0 aromatic heterocycles. The van der Waals surface area contributed by atoms with Crippen LogP contribution >= 0.6 is 0 Å². The largest absolute Gasteiger partial charge is 0.459 e. The average Bonchev–Trinajstić information content (AvgIpc) is 2.58. The van der Waals surface area contributed by atoms with E-state index in [1.807, 2.05) is 60.7 Å². The lowest BCUT2D eigenvalue weighted by Crippen LogP contribution is -2.41. The fourth-order valence-electron chi connectivity index (χ4n) is 2.51. The number of benzene rings is 2. The van der Waals surface area contributed by atoms with Crippen LogP contribution in [0, 0.1) is 5.92 Å². The molecule has 2 rings (SSSR count). The molecule has 1 atom stereocenters. The van der Waals surface area contributed by atoms with E-state index in [4.69, 9.17) is 4.74 Å². The number of hydrogen-bond donors (Lipinski definition) is 0. The molecule has 0 saturated heterocycles. The van der Waals surface area contributed by atoms with Gasteiger partial charge >= 0.3 is 5.97 Å². The number of carbonyl (C=O) groups is 2. The second-order valence-corrected chi connectivity index (χ2v) is 7.01. The number of hydrogen-bond acceptors (Lipinski definition) is 3. The number of rotatable bonds is 5. The standard InChI is InChI=1S/C21H25NO3/c1-21(2,3)25-20(24)18(15-16-11-7-5-8-12-16)19(23)22(4)17-13-9-6-10-14-17/h5-14,18H,15H2,1-4H3. The molecule has 0 spiro atoms. The van der Waals surface area contributed by atoms with Gasteiger partial charge in [0.05, 0.1) is 0 Å². The molecule has 0 aliphatic carbocycles. The molecule has 0 aliphatic rings. The molecule has 132 valence electrons. The van der Waals surface area contributed by atoms with Crippen molar-refractivity contribution in [1.82, 2.24) is 0 Å². The fraction of sp³-hybridized carbons (Fsp3) is 0.333. The summed E-state index contributed by atoms with van der Waals surface area (Å²) in [6, 6.07) is 18.8. The van der Waals surface area contributed by atoms with E-state index in [-0.39, 0.29) is 5.91 Å². The van der Waals surface area contributed by atoms with E-state index in [0.717, 1.165) is 11.3 Å². The van der Waals surface area contributed by atoms with E-state index >= 15 is 0 Å². The van der Waals surface area contributed by atoms with Gasteiger partial charge in [-0.05, 0) is 44.9 Å². The molecule has 0 aliphatic heterocycles. The molecular formula is C21H25NO3. The molecule has 25 heavy (non-hydrogen) atoms. The summed E-state index contributed by atoms with van der Waals surface area (Å²) in [6.07, 6.45) is 0.311. The molecule has 2 aromatic rings. The summed E-state index contributed by atoms with van der Waals surface area (Å²) in [6.45, 7) is 5.40. The van der Waals surface area contributed by atoms with Gasteiger partial charge in [-0.1, -0.05) is 48.5 Å². The zero-order chi connectivity index (χ0) is 18.4. The molecule has 0 fully saturated rings. The summed E-state index contributed by atoms with van der Waals surface area (Å²) in [5.41, 5.74) is 1.03. The van der Waals surface area contributed by atoms with Crippen molar-refractivity contribution in [2.45, 2.75) is 32.8 Å². The average molecular weight is 339 g/mol. The Morgan fingerprint density at radius 1 is 0.960 bits per heavy atom. The third kappa shape index (κ3) is 5.45. The number of para-hydroxylation sites is 1. The smallest absolute Gasteiger partial charge is 0.319 e. The van der Waals surface area contributed by atoms with E-state index in [9.17, 15) is 9.59 Å². The van der Waals surface area contributed by atoms with Gasteiger partial charge in [-0.3, -0.25) is 9.59 Å². The lowest BCUT2D eigenvalue weighted by Gasteiger charge is -2.26. The number of ether oxygens (including phenoxy) is 1. The fourth-order valence-corrected chi connectivity index (χ4v) is 2.51. The zero-order valence-electron chi connectivity index (χ0n) is 15.2. The Kier molecular flexibility index (Phi) is 5.97. The summed E-state index contributed by atoms with van der Waals surface area (Å²) < 4.78 is 5.49. The Morgan fingerprint density at radius 3 is 2.00 bits per heavy atom. The van der Waals surface area contributed by atoms with Crippen molar-refractivity contribution in [3.8, 4) is 0 Å². The Labute approximate surface area is 149 Å². The molecule has 1 unspecified atom stereocenters. The predicted molar refractivity (Wildman–Crippen MR) is 99.3 cm³/mol. The lowest BCUT2D eigenvalue weighted by atomic mass is 9.97. The van der Waals surface area contributed by atoms with Gasteiger partial charge in [0.1, 0.15) is 11.5 Å². The van der Waals surface area contributed by atoms with Crippen molar-refractivity contribution in [1.29, 1.82) is 0 Å². The van der Waals surface area contributed by atoms with E-state index in [2.05, 4.69) is 0 Å². The molecule has 0 heterocycles. The lowest BCUT2D eigenvalue weighted by molar-refractivity contribution is -0.162. The van der Waals surface area contributed by atoms with E-state index in [0.29, 0.717) is 6.42 Å². The first-order chi connectivity index (χ1) is 11.8. The zero-order valence-corrected chi connectivity index (χ0v) is 15.2. The third-order valence-electron chi connectivity index (χ3n) is 3.75. The topological polar surface area (TPSA) is 46.6 Å². The Balaban J connectivity index is 2.26. The highest BCUT2D eigenvalue weighted by atomic mass is 16.6. The number of anilines is 1. The van der Waals surface area contributed by atoms with Crippen molar-refractivity contribution in [2.75, 3.05) is 11.9 Å². The summed E-state index contributed by atoms with van der Waals surface area (Å²) in [4.78, 5) is 27.2. The second kappa shape index (κ2) is 7.97. The minimum atomic E-state index is -0.883. The van der Waals surface area contributed by atoms with Gasteiger partial charge < -0.3 is 9.64 Å². The van der Waals surface area contributed by atoms with E-state index in [1.54, 1.807) is 27.8 Å². The van der Waals surface area contributed by atoms with Crippen molar-refractivity contribution in [2.24, 2.45) is 5.92 Å². The molecule has 0 saturated carbocycles. The molecule has 4 nitrogen and oxygen atoms in total. The molecule has 0 bridgehead atoms. The summed E-state index contributed by atoms with van der Waals surface area (Å²) in [5, 5.41) is 0. The van der Waals surface area contributed by atoms with Crippen molar-refractivity contribution in [3.63, 3.8) is 0 Å². The van der Waals surface area contributed by atoms with Gasteiger partial charge in [-0.25, -0.2) is 0 Å². The maximum atomic E-state index is 13.0. The maximum absolute atomic E-state index is 13.0. The van der Waals surface area contributed by atoms with Crippen molar-refractivity contribution < 1.29 is 14.3 Å². The van der Waals surface area contributed by atoms with Crippen molar-refractivity contribution >= 4 is 17.6 Å². The highest BCUT2D eigenvalue weighted by Gasteiger charge is 2.33. The molecule has 2 aromatic carbocycles. The molecule has 0 radical (unpaired) electrons. The van der Waals surface area contributed by atoms with Crippen molar-refractivity contribution in [3.05, 3.63) is 66.2 Å². The van der Waals surface area contributed by atoms with Crippen LogP contribution in [-0.4, -0.2) is 24.5 Å². The maximum Gasteiger partial charge on any atom is 0.319 e. The minimum Gasteiger partial charge on any atom is -0.459 e. The highest BCUT2D eigenvalue weighted by molar-refractivity contribution is 6.06. The Morgan fingerprint density at radius 2 is 1.48 bits per heavy atom. The minimum absolute atomic E-state index is 0.274. The van der Waals surface area contributed by atoms with Crippen LogP contribution in [0.15, 0.2) is 60.7 Å². The Hall–Kier alpha value is -2.62. The highest BCUT2D eigenvalue weighted by Crippen LogP contribution is 2.21. The van der Waals surface area contributed by atoms with Gasteiger partial charge in [-0.15, -0.1) is 0 Å². The number of amides is 1. The number of esters is 1. The first-order valence-electron chi connectivity index (χ1n) is 8.37. The molecule has 4 heteroatoms. The number of carbonyl (C=O) groups excluding carboxylic acids is 2. The second-order valence-electron chi connectivity index (χ2n) is 7.01. The van der Waals surface area contributed by atoms with Crippen LogP contribution in [0.3, 0.4) is 0 Å². The first-order valence-corrected chi connectivity index (χ1v) is 8.37. The van der Waals surface area contributed by atoms with Gasteiger partial charge in [0.2, 0.25) is 5.91 Å². The predicted octanol–water partition coefficient (Wildman–Crippen LogP) is 3.85. The van der Waals surface area contributed by atoms with Crippen LogP contribution in [0.5, 0.6) is 0 Å². The normalized spacial score (nSPS) is 12.3. The van der Waals surface area contributed by atoms with Crippen LogP contribution in [-0.2, 0) is 20.7 Å². The Bertz CT molecular complexity index is 705. The quantitative estimate of drug-likeness (QED) is 0.614. The van der Waals surface area contributed by atoms with Gasteiger partial charge in [-0.2, -0.15) is 0 Å². The molecular weight excluding hydrogens is 314 g/mol. The van der Waals surface area contributed by atoms with Crippen LogP contribution in [0.1, 0.15) is 26.3 Å².